The fourth-order valence-electron chi connectivity index (χ4n) is 1.98. The Labute approximate surface area is 114 Å². The number of benzene rings is 2. The van der Waals surface area contributed by atoms with E-state index < -0.39 is 0 Å². The predicted molar refractivity (Wildman–Crippen MR) is 78.2 cm³/mol. The maximum Gasteiger partial charge on any atom is 0.151 e. The van der Waals surface area contributed by atoms with Gasteiger partial charge in [0.05, 0.1) is 0 Å². The van der Waals surface area contributed by atoms with Gasteiger partial charge >= 0.3 is 0 Å². The van der Waals surface area contributed by atoms with E-state index in [-0.39, 0.29) is 5.92 Å². The van der Waals surface area contributed by atoms with Crippen LogP contribution < -0.4 is 0 Å². The van der Waals surface area contributed by atoms with Gasteiger partial charge in [-0.05, 0) is 18.1 Å². The van der Waals surface area contributed by atoms with Gasteiger partial charge in [-0.3, -0.25) is 4.79 Å². The molecule has 1 nitrogen and oxygen atoms in total. The van der Waals surface area contributed by atoms with Crippen LogP contribution in [0, 0.1) is 11.8 Å². The molecule has 0 radical (unpaired) electrons. The zero-order valence-corrected chi connectivity index (χ0v) is 11.0. The summed E-state index contributed by atoms with van der Waals surface area (Å²) in [5.74, 6) is 6.61. The van der Waals surface area contributed by atoms with E-state index in [1.54, 1.807) is 6.07 Å². The van der Waals surface area contributed by atoms with Crippen molar-refractivity contribution in [2.45, 2.75) is 19.3 Å². The van der Waals surface area contributed by atoms with E-state index in [1.165, 1.54) is 5.56 Å². The van der Waals surface area contributed by atoms with Gasteiger partial charge in [0.1, 0.15) is 0 Å². The quantitative estimate of drug-likeness (QED) is 0.591. The summed E-state index contributed by atoms with van der Waals surface area (Å²) in [6.07, 6.45) is 1.81. The van der Waals surface area contributed by atoms with Crippen molar-refractivity contribution in [1.29, 1.82) is 0 Å². The zero-order valence-electron chi connectivity index (χ0n) is 11.0. The van der Waals surface area contributed by atoms with Gasteiger partial charge in [0.15, 0.2) is 6.29 Å². The molecule has 0 aromatic heterocycles. The summed E-state index contributed by atoms with van der Waals surface area (Å²) < 4.78 is 0. The molecule has 0 saturated carbocycles. The van der Waals surface area contributed by atoms with Crippen molar-refractivity contribution in [2.24, 2.45) is 0 Å². The molecule has 0 aliphatic heterocycles. The summed E-state index contributed by atoms with van der Waals surface area (Å²) in [7, 11) is 0. The lowest BCUT2D eigenvalue weighted by molar-refractivity contribution is 0.112. The summed E-state index contributed by atoms with van der Waals surface area (Å²) in [5.41, 5.74) is 2.67. The minimum Gasteiger partial charge on any atom is -0.298 e. The van der Waals surface area contributed by atoms with Crippen molar-refractivity contribution in [3.8, 4) is 11.8 Å². The first-order valence-corrected chi connectivity index (χ1v) is 6.46. The molecule has 0 amide bonds. The molecule has 94 valence electrons. The lowest BCUT2D eigenvalue weighted by Crippen LogP contribution is -1.94. The summed E-state index contributed by atoms with van der Waals surface area (Å²) in [6.45, 7) is 2.12. The van der Waals surface area contributed by atoms with Crippen molar-refractivity contribution >= 4 is 6.29 Å². The van der Waals surface area contributed by atoms with Crippen molar-refractivity contribution < 1.29 is 4.79 Å². The molecule has 2 aromatic carbocycles. The van der Waals surface area contributed by atoms with Crippen LogP contribution in [0.5, 0.6) is 0 Å². The van der Waals surface area contributed by atoms with Crippen molar-refractivity contribution in [3.05, 3.63) is 71.3 Å². The van der Waals surface area contributed by atoms with Gasteiger partial charge in [-0.15, -0.1) is 0 Å². The second-order valence-corrected chi connectivity index (χ2v) is 4.35. The molecule has 0 spiro atoms. The van der Waals surface area contributed by atoms with E-state index in [1.807, 2.05) is 36.4 Å². The Morgan fingerprint density at radius 2 is 1.74 bits per heavy atom. The molecular formula is C18H16O. The average Bonchev–Trinajstić information content (AvgIpc) is 2.49. The Morgan fingerprint density at radius 1 is 1.05 bits per heavy atom. The normalized spacial score (nSPS) is 11.2. The Kier molecular flexibility index (Phi) is 4.53. The molecule has 1 heteroatoms. The van der Waals surface area contributed by atoms with Crippen molar-refractivity contribution in [3.63, 3.8) is 0 Å². The van der Waals surface area contributed by atoms with Gasteiger partial charge in [-0.2, -0.15) is 0 Å². The SMILES string of the molecule is CC[C@@H](C#Cc1ccccc1C=O)c1ccccc1. The number of hydrogen-bond acceptors (Lipinski definition) is 1. The largest absolute Gasteiger partial charge is 0.298 e. The molecule has 2 rings (SSSR count). The first-order valence-electron chi connectivity index (χ1n) is 6.46. The number of rotatable bonds is 3. The van der Waals surface area contributed by atoms with Gasteiger partial charge in [0.2, 0.25) is 0 Å². The van der Waals surface area contributed by atoms with Gasteiger partial charge in [-0.1, -0.05) is 67.3 Å². The molecule has 0 fully saturated rings. The Balaban J connectivity index is 2.29. The standard InChI is InChI=1S/C18H16O/c1-2-15(16-8-4-3-5-9-16)12-13-17-10-6-7-11-18(17)14-19/h3-11,14-15H,2H2,1H3/t15-/m0/s1. The summed E-state index contributed by atoms with van der Waals surface area (Å²) in [4.78, 5) is 10.9. The molecule has 0 aliphatic carbocycles. The molecule has 2 aromatic rings. The lowest BCUT2D eigenvalue weighted by Gasteiger charge is -2.07. The summed E-state index contributed by atoms with van der Waals surface area (Å²) in [6, 6.07) is 17.7. The van der Waals surface area contributed by atoms with Crippen LogP contribution in [0.2, 0.25) is 0 Å². The highest BCUT2D eigenvalue weighted by atomic mass is 16.1. The molecule has 0 heterocycles. The topological polar surface area (TPSA) is 17.1 Å². The number of carbonyl (C=O) groups excluding carboxylic acids is 1. The number of hydrogen-bond donors (Lipinski definition) is 0. The fourth-order valence-corrected chi connectivity index (χ4v) is 1.98. The summed E-state index contributed by atoms with van der Waals surface area (Å²) >= 11 is 0. The van der Waals surface area contributed by atoms with Crippen LogP contribution in [0.3, 0.4) is 0 Å². The highest BCUT2D eigenvalue weighted by Crippen LogP contribution is 2.18. The number of carbonyl (C=O) groups is 1. The minimum atomic E-state index is 0.209. The Morgan fingerprint density at radius 3 is 2.42 bits per heavy atom. The first kappa shape index (κ1) is 13.1. The second kappa shape index (κ2) is 6.56. The third kappa shape index (κ3) is 3.33. The molecule has 19 heavy (non-hydrogen) atoms. The third-order valence-electron chi connectivity index (χ3n) is 3.08. The molecule has 0 N–H and O–H groups in total. The lowest BCUT2D eigenvalue weighted by atomic mass is 9.96. The van der Waals surface area contributed by atoms with Crippen molar-refractivity contribution in [2.75, 3.05) is 0 Å². The van der Waals surface area contributed by atoms with Crippen LogP contribution in [-0.4, -0.2) is 6.29 Å². The van der Waals surface area contributed by atoms with Crippen LogP contribution >= 0.6 is 0 Å². The minimum absolute atomic E-state index is 0.209. The second-order valence-electron chi connectivity index (χ2n) is 4.35. The van der Waals surface area contributed by atoms with Gasteiger partial charge in [0, 0.05) is 17.0 Å². The van der Waals surface area contributed by atoms with E-state index in [4.69, 9.17) is 0 Å². The van der Waals surface area contributed by atoms with Gasteiger partial charge in [0.25, 0.3) is 0 Å². The average molecular weight is 248 g/mol. The van der Waals surface area contributed by atoms with Crippen molar-refractivity contribution in [1.82, 2.24) is 0 Å². The van der Waals surface area contributed by atoms with E-state index in [0.717, 1.165) is 18.3 Å². The fraction of sp³-hybridized carbons (Fsp3) is 0.167. The van der Waals surface area contributed by atoms with Gasteiger partial charge in [-0.25, -0.2) is 0 Å². The zero-order chi connectivity index (χ0) is 13.5. The predicted octanol–water partition coefficient (Wildman–Crippen LogP) is 4.04. The van der Waals surface area contributed by atoms with E-state index in [2.05, 4.69) is 30.9 Å². The molecule has 0 aliphatic rings. The van der Waals surface area contributed by atoms with E-state index in [0.29, 0.717) is 5.56 Å². The van der Waals surface area contributed by atoms with Crippen LogP contribution in [-0.2, 0) is 0 Å². The molecule has 0 unspecified atom stereocenters. The van der Waals surface area contributed by atoms with Crippen LogP contribution in [0.4, 0.5) is 0 Å². The molecule has 0 saturated heterocycles. The molecule has 0 bridgehead atoms. The first-order chi connectivity index (χ1) is 9.35. The summed E-state index contributed by atoms with van der Waals surface area (Å²) in [5, 5.41) is 0. The Bertz CT molecular complexity index is 602. The van der Waals surface area contributed by atoms with Crippen LogP contribution in [0.15, 0.2) is 54.6 Å². The van der Waals surface area contributed by atoms with E-state index >= 15 is 0 Å². The van der Waals surface area contributed by atoms with Gasteiger partial charge < -0.3 is 0 Å². The molecule has 1 atom stereocenters. The van der Waals surface area contributed by atoms with Crippen LogP contribution in [0.1, 0.15) is 40.7 Å². The third-order valence-corrected chi connectivity index (χ3v) is 3.08. The van der Waals surface area contributed by atoms with E-state index in [9.17, 15) is 4.79 Å². The monoisotopic (exact) mass is 248 g/mol. The maximum absolute atomic E-state index is 10.9. The molecular weight excluding hydrogens is 232 g/mol. The van der Waals surface area contributed by atoms with Crippen LogP contribution in [0.25, 0.3) is 0 Å². The highest BCUT2D eigenvalue weighted by molar-refractivity contribution is 5.79. The highest BCUT2D eigenvalue weighted by Gasteiger charge is 2.04. The maximum atomic E-state index is 10.9. The number of aldehydes is 1. The smallest absolute Gasteiger partial charge is 0.151 e. The Hall–Kier alpha value is -2.33.